The van der Waals surface area contributed by atoms with Gasteiger partial charge >= 0.3 is 0 Å². The minimum Gasteiger partial charge on any atom is -0.0654 e. The number of unbranched alkanes of at least 4 members (excludes halogenated alkanes) is 8. The summed E-state index contributed by atoms with van der Waals surface area (Å²) < 4.78 is 0. The Labute approximate surface area is 222 Å². The highest BCUT2D eigenvalue weighted by Gasteiger charge is 2.12. The lowest BCUT2D eigenvalue weighted by Gasteiger charge is -2.14. The summed E-state index contributed by atoms with van der Waals surface area (Å²) in [5.41, 5.74) is 10.5. The minimum atomic E-state index is 1.12. The van der Waals surface area contributed by atoms with Crippen LogP contribution in [0.3, 0.4) is 0 Å². The Balaban J connectivity index is 1.96. The molecule has 192 valence electrons. The summed E-state index contributed by atoms with van der Waals surface area (Å²) in [4.78, 5) is 0. The summed E-state index contributed by atoms with van der Waals surface area (Å²) in [5.74, 6) is 14.2. The summed E-state index contributed by atoms with van der Waals surface area (Å²) in [6, 6.07) is 9.50. The Hall–Kier alpha value is -2.44. The van der Waals surface area contributed by atoms with Crippen LogP contribution in [-0.2, 0) is 25.7 Å². The van der Waals surface area contributed by atoms with Crippen molar-refractivity contribution in [2.45, 2.75) is 130 Å². The Morgan fingerprint density at radius 2 is 0.583 bits per heavy atom. The smallest absolute Gasteiger partial charge is 0.0408 e. The van der Waals surface area contributed by atoms with E-state index in [1.54, 1.807) is 0 Å². The number of rotatable bonds is 16. The number of benzene rings is 2. The molecule has 0 aliphatic heterocycles. The lowest BCUT2D eigenvalue weighted by molar-refractivity contribution is 0.693. The first-order valence-corrected chi connectivity index (χ1v) is 15.1. The summed E-state index contributed by atoms with van der Waals surface area (Å²) in [5, 5.41) is 0. The van der Waals surface area contributed by atoms with Crippen LogP contribution in [0.4, 0.5) is 0 Å². The van der Waals surface area contributed by atoms with E-state index in [9.17, 15) is 0 Å². The van der Waals surface area contributed by atoms with Gasteiger partial charge in [-0.2, -0.15) is 0 Å². The van der Waals surface area contributed by atoms with Crippen molar-refractivity contribution < 1.29 is 0 Å². The van der Waals surface area contributed by atoms with Crippen LogP contribution in [0.2, 0.25) is 0 Å². The third kappa shape index (κ3) is 8.31. The first kappa shape index (κ1) is 28.1. The molecule has 0 radical (unpaired) electrons. The average Bonchev–Trinajstić information content (AvgIpc) is 2.87. The zero-order chi connectivity index (χ0) is 25.6. The van der Waals surface area contributed by atoms with E-state index in [2.05, 4.69) is 75.6 Å². The second kappa shape index (κ2) is 15.6. The Morgan fingerprint density at radius 3 is 0.778 bits per heavy atom. The minimum absolute atomic E-state index is 1.12. The van der Waals surface area contributed by atoms with Crippen LogP contribution in [0, 0.1) is 23.7 Å². The first-order chi connectivity index (χ1) is 17.7. The summed E-state index contributed by atoms with van der Waals surface area (Å²) >= 11 is 0. The number of hydrogen-bond donors (Lipinski definition) is 0. The quantitative estimate of drug-likeness (QED) is 0.141. The van der Waals surface area contributed by atoms with Gasteiger partial charge in [-0.1, -0.05) is 103 Å². The fraction of sp³-hybridized carbons (Fsp3) is 0.556. The molecule has 0 heteroatoms. The molecular formula is C36H48. The molecule has 0 amide bonds. The van der Waals surface area contributed by atoms with Gasteiger partial charge in [-0.25, -0.2) is 0 Å². The molecule has 0 saturated carbocycles. The molecule has 0 fully saturated rings. The third-order valence-electron chi connectivity index (χ3n) is 7.54. The monoisotopic (exact) mass is 480 g/mol. The zero-order valence-corrected chi connectivity index (χ0v) is 23.6. The molecule has 2 aromatic carbocycles. The fourth-order valence-electron chi connectivity index (χ4n) is 5.25. The molecule has 1 aliphatic rings. The number of hydrogen-bond acceptors (Lipinski definition) is 0. The first-order valence-electron chi connectivity index (χ1n) is 15.1. The van der Waals surface area contributed by atoms with Crippen LogP contribution in [0.5, 0.6) is 0 Å². The molecule has 0 spiro atoms. The zero-order valence-electron chi connectivity index (χ0n) is 23.6. The summed E-state index contributed by atoms with van der Waals surface area (Å²) in [7, 11) is 0. The largest absolute Gasteiger partial charge is 0.0654 e. The molecule has 1 aliphatic carbocycles. The second-order valence-electron chi connectivity index (χ2n) is 10.7. The van der Waals surface area contributed by atoms with Crippen molar-refractivity contribution in [3.05, 3.63) is 68.8 Å². The Kier molecular flexibility index (Phi) is 12.2. The summed E-state index contributed by atoms with van der Waals surface area (Å²) in [6.07, 6.45) is 20.0. The van der Waals surface area contributed by atoms with E-state index in [0.717, 1.165) is 47.9 Å². The van der Waals surface area contributed by atoms with Gasteiger partial charge in [0.1, 0.15) is 0 Å². The SMILES string of the molecule is CCCCCc1cc2c(cc1CCCCC)C#Cc1cc(CCCCC)c(CCCCC)cc1C#C2. The van der Waals surface area contributed by atoms with E-state index < -0.39 is 0 Å². The van der Waals surface area contributed by atoms with Crippen LogP contribution in [0.15, 0.2) is 24.3 Å². The highest BCUT2D eigenvalue weighted by molar-refractivity contribution is 5.63. The van der Waals surface area contributed by atoms with E-state index in [-0.39, 0.29) is 0 Å². The van der Waals surface area contributed by atoms with Gasteiger partial charge < -0.3 is 0 Å². The van der Waals surface area contributed by atoms with Gasteiger partial charge in [-0.15, -0.1) is 0 Å². The molecule has 3 rings (SSSR count). The standard InChI is InChI=1S/C36H48/c1-5-9-13-17-29-25-33-21-22-35-27-31(19-15-11-7-3)32(20-16-12-8-4)28-36(35)24-23-34(33)26-30(29)18-14-10-6-2/h25-28H,5-20H2,1-4H3. The van der Waals surface area contributed by atoms with E-state index >= 15 is 0 Å². The topological polar surface area (TPSA) is 0 Å². The maximum absolute atomic E-state index is 3.56. The van der Waals surface area contributed by atoms with E-state index in [1.807, 2.05) is 0 Å². The number of fused-ring (bicyclic) bond motifs is 2. The van der Waals surface area contributed by atoms with Crippen molar-refractivity contribution in [1.82, 2.24) is 0 Å². The van der Waals surface area contributed by atoms with Crippen molar-refractivity contribution in [1.29, 1.82) is 0 Å². The lowest BCUT2D eigenvalue weighted by Crippen LogP contribution is -2.02. The Bertz CT molecular complexity index is 921. The normalized spacial score (nSPS) is 11.4. The van der Waals surface area contributed by atoms with Crippen LogP contribution in [-0.4, -0.2) is 0 Å². The maximum Gasteiger partial charge on any atom is 0.0408 e. The van der Waals surface area contributed by atoms with Gasteiger partial charge in [0.2, 0.25) is 0 Å². The molecule has 0 bridgehead atoms. The molecule has 0 atom stereocenters. The van der Waals surface area contributed by atoms with Gasteiger partial charge in [0.15, 0.2) is 0 Å². The molecule has 0 unspecified atom stereocenters. The molecule has 0 nitrogen and oxygen atoms in total. The van der Waals surface area contributed by atoms with E-state index in [4.69, 9.17) is 0 Å². The Morgan fingerprint density at radius 1 is 0.361 bits per heavy atom. The second-order valence-corrected chi connectivity index (χ2v) is 10.7. The van der Waals surface area contributed by atoms with Crippen molar-refractivity contribution in [3.63, 3.8) is 0 Å². The molecule has 36 heavy (non-hydrogen) atoms. The van der Waals surface area contributed by atoms with Crippen molar-refractivity contribution >= 4 is 0 Å². The number of aryl methyl sites for hydroxylation is 4. The fourth-order valence-corrected chi connectivity index (χ4v) is 5.25. The third-order valence-corrected chi connectivity index (χ3v) is 7.54. The highest BCUT2D eigenvalue weighted by atomic mass is 14.2. The van der Waals surface area contributed by atoms with Crippen LogP contribution < -0.4 is 0 Å². The van der Waals surface area contributed by atoms with Gasteiger partial charge in [-0.05, 0) is 97.9 Å². The van der Waals surface area contributed by atoms with E-state index in [1.165, 1.54) is 99.3 Å². The van der Waals surface area contributed by atoms with Crippen LogP contribution >= 0.6 is 0 Å². The summed E-state index contributed by atoms with van der Waals surface area (Å²) in [6.45, 7) is 9.14. The van der Waals surface area contributed by atoms with Crippen molar-refractivity contribution in [2.75, 3.05) is 0 Å². The predicted octanol–water partition coefficient (Wildman–Crippen LogP) is 9.73. The molecule has 0 heterocycles. The molecule has 0 N–H and O–H groups in total. The van der Waals surface area contributed by atoms with Crippen LogP contribution in [0.1, 0.15) is 149 Å². The van der Waals surface area contributed by atoms with Gasteiger partial charge in [-0.3, -0.25) is 0 Å². The van der Waals surface area contributed by atoms with Crippen LogP contribution in [0.25, 0.3) is 0 Å². The van der Waals surface area contributed by atoms with Gasteiger partial charge in [0.05, 0.1) is 0 Å². The van der Waals surface area contributed by atoms with Crippen molar-refractivity contribution in [3.8, 4) is 23.7 Å². The average molecular weight is 481 g/mol. The predicted molar refractivity (Wildman–Crippen MR) is 158 cm³/mol. The highest BCUT2D eigenvalue weighted by Crippen LogP contribution is 2.25. The van der Waals surface area contributed by atoms with Crippen molar-refractivity contribution in [2.24, 2.45) is 0 Å². The lowest BCUT2D eigenvalue weighted by atomic mass is 9.89. The maximum atomic E-state index is 3.56. The van der Waals surface area contributed by atoms with E-state index in [0.29, 0.717) is 0 Å². The molecule has 2 aromatic rings. The van der Waals surface area contributed by atoms with Gasteiger partial charge in [0, 0.05) is 22.3 Å². The molecule has 0 aromatic heterocycles. The molecule has 0 saturated heterocycles. The molecular weight excluding hydrogens is 432 g/mol. The van der Waals surface area contributed by atoms with Gasteiger partial charge in [0.25, 0.3) is 0 Å².